The lowest BCUT2D eigenvalue weighted by Gasteiger charge is -2.16. The Morgan fingerprint density at radius 2 is 1.19 bits per heavy atom. The van der Waals surface area contributed by atoms with Crippen molar-refractivity contribution in [3.05, 3.63) is 90.0 Å². The first-order valence-corrected chi connectivity index (χ1v) is 8.28. The fraction of sp³-hybridized carbons (Fsp3) is 0. The Kier molecular flexibility index (Phi) is 5.66. The molecule has 0 aliphatic rings. The van der Waals surface area contributed by atoms with Crippen molar-refractivity contribution in [2.45, 2.75) is 0 Å². The lowest BCUT2D eigenvalue weighted by Crippen LogP contribution is -2.34. The van der Waals surface area contributed by atoms with Gasteiger partial charge in [0.15, 0.2) is 0 Å². The molecule has 2 amide bonds. The van der Waals surface area contributed by atoms with Gasteiger partial charge in [-0.05, 0) is 30.3 Å². The van der Waals surface area contributed by atoms with Crippen LogP contribution < -0.4 is 16.1 Å². The van der Waals surface area contributed by atoms with E-state index in [0.29, 0.717) is 11.1 Å². The molecule has 6 nitrogen and oxygen atoms in total. The largest absolute Gasteiger partial charge is 0.490 e. The first kappa shape index (κ1) is 18.4. The zero-order chi connectivity index (χ0) is 19.2. The van der Waals surface area contributed by atoms with E-state index in [0.717, 1.165) is 0 Å². The second kappa shape index (κ2) is 8.31. The average Bonchev–Trinajstić information content (AvgIpc) is 2.70. The first-order chi connectivity index (χ1) is 13.1. The number of hydrogen-bond acceptors (Lipinski definition) is 4. The number of amides is 2. The summed E-state index contributed by atoms with van der Waals surface area (Å²) in [5.41, 5.74) is 1.31. The molecule has 0 unspecified atom stereocenters. The van der Waals surface area contributed by atoms with E-state index < -0.39 is 13.0 Å². The lowest BCUT2D eigenvalue weighted by molar-refractivity contribution is 0.101. The van der Waals surface area contributed by atoms with Gasteiger partial charge < -0.3 is 20.7 Å². The molecule has 0 heterocycles. The lowest BCUT2D eigenvalue weighted by atomic mass is 9.78. The molecule has 27 heavy (non-hydrogen) atoms. The van der Waals surface area contributed by atoms with Crippen molar-refractivity contribution < 1.29 is 19.6 Å². The van der Waals surface area contributed by atoms with Crippen molar-refractivity contribution in [3.63, 3.8) is 0 Å². The number of hydrogen-bond donors (Lipinski definition) is 4. The van der Waals surface area contributed by atoms with E-state index in [9.17, 15) is 19.6 Å². The third-order valence-electron chi connectivity index (χ3n) is 3.93. The minimum atomic E-state index is -1.82. The van der Waals surface area contributed by atoms with Gasteiger partial charge in [-0.25, -0.2) is 0 Å². The molecular weight excluding hydrogens is 343 g/mol. The van der Waals surface area contributed by atoms with Gasteiger partial charge in [0, 0.05) is 16.6 Å². The second-order valence-electron chi connectivity index (χ2n) is 5.78. The molecule has 4 N–H and O–H groups in total. The van der Waals surface area contributed by atoms with Crippen LogP contribution in [0.3, 0.4) is 0 Å². The Morgan fingerprint density at radius 1 is 0.667 bits per heavy atom. The molecule has 0 spiro atoms. The Bertz CT molecular complexity index is 947. The zero-order valence-corrected chi connectivity index (χ0v) is 14.3. The molecule has 3 rings (SSSR count). The van der Waals surface area contributed by atoms with Crippen LogP contribution in [0.25, 0.3) is 0 Å². The molecule has 0 aliphatic heterocycles. The fourth-order valence-electron chi connectivity index (χ4n) is 2.59. The van der Waals surface area contributed by atoms with Gasteiger partial charge in [-0.3, -0.25) is 9.59 Å². The highest BCUT2D eigenvalue weighted by Crippen LogP contribution is 2.21. The Balaban J connectivity index is 1.93. The van der Waals surface area contributed by atoms with E-state index in [-0.39, 0.29) is 22.7 Å². The normalized spacial score (nSPS) is 10.1. The molecular formula is C20H17BN2O4. The van der Waals surface area contributed by atoms with Crippen molar-refractivity contribution >= 4 is 35.8 Å². The van der Waals surface area contributed by atoms with Crippen LogP contribution in [0.2, 0.25) is 0 Å². The maximum Gasteiger partial charge on any atom is 0.490 e. The van der Waals surface area contributed by atoms with Gasteiger partial charge in [0.05, 0.1) is 11.4 Å². The Hall–Kier alpha value is -3.42. The molecule has 0 fully saturated rings. The first-order valence-electron chi connectivity index (χ1n) is 8.28. The molecule has 134 valence electrons. The zero-order valence-electron chi connectivity index (χ0n) is 14.3. The average molecular weight is 360 g/mol. The Morgan fingerprint density at radius 3 is 1.70 bits per heavy atom. The van der Waals surface area contributed by atoms with Crippen LogP contribution in [0.1, 0.15) is 20.7 Å². The molecule has 7 heteroatoms. The third-order valence-corrected chi connectivity index (χ3v) is 3.93. The van der Waals surface area contributed by atoms with Gasteiger partial charge in [0.2, 0.25) is 0 Å². The number of carbonyl (C=O) groups excluding carboxylic acids is 2. The second-order valence-corrected chi connectivity index (χ2v) is 5.78. The van der Waals surface area contributed by atoms with Crippen molar-refractivity contribution in [1.29, 1.82) is 0 Å². The van der Waals surface area contributed by atoms with E-state index in [1.165, 1.54) is 6.07 Å². The highest BCUT2D eigenvalue weighted by atomic mass is 16.4. The number of benzene rings is 3. The fourth-order valence-corrected chi connectivity index (χ4v) is 2.59. The summed E-state index contributed by atoms with van der Waals surface area (Å²) in [6.45, 7) is 0. The summed E-state index contributed by atoms with van der Waals surface area (Å²) in [6, 6.07) is 21.7. The van der Waals surface area contributed by atoms with Crippen LogP contribution in [0.4, 0.5) is 11.4 Å². The molecule has 3 aromatic carbocycles. The number of anilines is 2. The minimum absolute atomic E-state index is 0.0742. The van der Waals surface area contributed by atoms with Crippen molar-refractivity contribution in [2.75, 3.05) is 10.6 Å². The van der Waals surface area contributed by atoms with E-state index in [1.807, 2.05) is 0 Å². The highest BCUT2D eigenvalue weighted by Gasteiger charge is 2.22. The van der Waals surface area contributed by atoms with E-state index in [1.54, 1.807) is 72.8 Å². The van der Waals surface area contributed by atoms with Crippen LogP contribution >= 0.6 is 0 Å². The number of nitrogens with one attached hydrogen (secondary N) is 2. The van der Waals surface area contributed by atoms with Gasteiger partial charge >= 0.3 is 7.12 Å². The van der Waals surface area contributed by atoms with Gasteiger partial charge in [0.1, 0.15) is 0 Å². The predicted molar refractivity (Wildman–Crippen MR) is 105 cm³/mol. The Labute approximate surface area is 156 Å². The summed E-state index contributed by atoms with van der Waals surface area (Å²) >= 11 is 0. The third kappa shape index (κ3) is 4.41. The monoisotopic (exact) mass is 360 g/mol. The molecule has 0 saturated carbocycles. The van der Waals surface area contributed by atoms with E-state index >= 15 is 0 Å². The van der Waals surface area contributed by atoms with Crippen LogP contribution in [-0.4, -0.2) is 29.0 Å². The van der Waals surface area contributed by atoms with Crippen LogP contribution in [0, 0.1) is 0 Å². The van der Waals surface area contributed by atoms with Crippen LogP contribution in [-0.2, 0) is 0 Å². The highest BCUT2D eigenvalue weighted by molar-refractivity contribution is 6.61. The molecule has 0 saturated heterocycles. The van der Waals surface area contributed by atoms with Gasteiger partial charge in [-0.2, -0.15) is 0 Å². The summed E-state index contributed by atoms with van der Waals surface area (Å²) in [6.07, 6.45) is 0. The molecule has 0 atom stereocenters. The van der Waals surface area contributed by atoms with Crippen LogP contribution in [0.5, 0.6) is 0 Å². The number of para-hydroxylation sites is 1. The topological polar surface area (TPSA) is 98.7 Å². The smallest absolute Gasteiger partial charge is 0.423 e. The van der Waals surface area contributed by atoms with Crippen molar-refractivity contribution in [1.82, 2.24) is 0 Å². The number of carbonyl (C=O) groups is 2. The standard InChI is InChI=1S/C20H17BN2O4/c24-19(14-8-3-1-4-9-14)22-17-13-7-12-16(21(26)27)18(17)23-20(25)15-10-5-2-6-11-15/h1-13,26-27H,(H,22,24)(H,23,25). The summed E-state index contributed by atoms with van der Waals surface area (Å²) < 4.78 is 0. The molecule has 0 aromatic heterocycles. The minimum Gasteiger partial charge on any atom is -0.423 e. The summed E-state index contributed by atoms with van der Waals surface area (Å²) in [5.74, 6) is -0.811. The summed E-state index contributed by atoms with van der Waals surface area (Å²) in [4.78, 5) is 25.0. The van der Waals surface area contributed by atoms with Crippen molar-refractivity contribution in [3.8, 4) is 0 Å². The SMILES string of the molecule is O=C(Nc1cccc(B(O)O)c1NC(=O)c1ccccc1)c1ccccc1. The quantitative estimate of drug-likeness (QED) is 0.522. The van der Waals surface area contributed by atoms with Gasteiger partial charge in [0.25, 0.3) is 11.8 Å². The van der Waals surface area contributed by atoms with Gasteiger partial charge in [-0.15, -0.1) is 0 Å². The van der Waals surface area contributed by atoms with E-state index in [4.69, 9.17) is 0 Å². The predicted octanol–water partition coefficient (Wildman–Crippen LogP) is 1.87. The molecule has 3 aromatic rings. The molecule has 0 radical (unpaired) electrons. The number of rotatable bonds is 5. The summed E-state index contributed by atoms with van der Waals surface area (Å²) in [5, 5.41) is 24.7. The van der Waals surface area contributed by atoms with Crippen LogP contribution in [0.15, 0.2) is 78.9 Å². The maximum atomic E-state index is 12.5. The molecule has 0 aliphatic carbocycles. The van der Waals surface area contributed by atoms with Crippen molar-refractivity contribution in [2.24, 2.45) is 0 Å². The maximum absolute atomic E-state index is 12.5. The van der Waals surface area contributed by atoms with Gasteiger partial charge in [-0.1, -0.05) is 48.5 Å². The molecule has 0 bridgehead atoms. The van der Waals surface area contributed by atoms with E-state index in [2.05, 4.69) is 10.6 Å². The summed E-state index contributed by atoms with van der Waals surface area (Å²) in [7, 11) is -1.82.